The van der Waals surface area contributed by atoms with Crippen molar-refractivity contribution < 1.29 is 12.8 Å². The third-order valence-electron chi connectivity index (χ3n) is 1.97. The summed E-state index contributed by atoms with van der Waals surface area (Å²) >= 11 is 5.84. The van der Waals surface area contributed by atoms with Gasteiger partial charge in [-0.15, -0.1) is 0 Å². The molecule has 0 spiro atoms. The summed E-state index contributed by atoms with van der Waals surface area (Å²) in [5.74, 6) is -0.302. The molecule has 0 heterocycles. The topological polar surface area (TPSA) is 46.2 Å². The highest BCUT2D eigenvalue weighted by Gasteiger charge is 2.04. The SMILES string of the molecule is CS(=O)(=O)CCNCc1cc(F)ccc1Cl. The zero-order valence-corrected chi connectivity index (χ0v) is 10.4. The predicted octanol–water partition coefficient (Wildman–Crippen LogP) is 1.61. The molecule has 0 radical (unpaired) electrons. The first-order valence-corrected chi connectivity index (χ1v) is 7.15. The van der Waals surface area contributed by atoms with Crippen LogP contribution in [0.15, 0.2) is 18.2 Å². The van der Waals surface area contributed by atoms with Crippen molar-refractivity contribution in [2.45, 2.75) is 6.54 Å². The Morgan fingerprint density at radius 2 is 2.12 bits per heavy atom. The van der Waals surface area contributed by atoms with Crippen LogP contribution in [0.4, 0.5) is 4.39 Å². The molecule has 0 unspecified atom stereocenters. The standard InChI is InChI=1S/C10H13ClFNO2S/c1-16(14,15)5-4-13-7-8-6-9(12)2-3-10(8)11/h2-3,6,13H,4-5,7H2,1H3. The fourth-order valence-electron chi connectivity index (χ4n) is 1.16. The molecule has 1 N–H and O–H groups in total. The van der Waals surface area contributed by atoms with Gasteiger partial charge in [-0.2, -0.15) is 0 Å². The Hall–Kier alpha value is -0.650. The van der Waals surface area contributed by atoms with Crippen molar-refractivity contribution in [1.29, 1.82) is 0 Å². The van der Waals surface area contributed by atoms with Crippen molar-refractivity contribution in [3.8, 4) is 0 Å². The molecule has 6 heteroatoms. The molecule has 0 amide bonds. The van der Waals surface area contributed by atoms with Crippen molar-refractivity contribution in [3.63, 3.8) is 0 Å². The van der Waals surface area contributed by atoms with Gasteiger partial charge >= 0.3 is 0 Å². The van der Waals surface area contributed by atoms with Crippen LogP contribution in [0.5, 0.6) is 0 Å². The van der Waals surface area contributed by atoms with Crippen molar-refractivity contribution >= 4 is 21.4 Å². The first kappa shape index (κ1) is 13.4. The van der Waals surface area contributed by atoms with E-state index in [1.165, 1.54) is 24.5 Å². The van der Waals surface area contributed by atoms with Crippen LogP contribution in [-0.4, -0.2) is 27.0 Å². The summed E-state index contributed by atoms with van der Waals surface area (Å²) in [7, 11) is -2.97. The molecule has 0 aromatic heterocycles. The predicted molar refractivity (Wildman–Crippen MR) is 62.8 cm³/mol. The highest BCUT2D eigenvalue weighted by atomic mass is 35.5. The minimum Gasteiger partial charge on any atom is -0.312 e. The molecule has 0 saturated carbocycles. The normalized spacial score (nSPS) is 11.7. The Morgan fingerprint density at radius 1 is 1.44 bits per heavy atom. The average Bonchev–Trinajstić information content (AvgIpc) is 2.16. The second kappa shape index (κ2) is 5.61. The minimum atomic E-state index is -2.97. The van der Waals surface area contributed by atoms with Gasteiger partial charge in [-0.05, 0) is 23.8 Å². The van der Waals surface area contributed by atoms with Gasteiger partial charge in [-0.25, -0.2) is 12.8 Å². The summed E-state index contributed by atoms with van der Waals surface area (Å²) in [4.78, 5) is 0. The number of rotatable bonds is 5. The first-order valence-electron chi connectivity index (χ1n) is 4.71. The largest absolute Gasteiger partial charge is 0.312 e. The summed E-state index contributed by atoms with van der Waals surface area (Å²) in [6.07, 6.45) is 1.17. The van der Waals surface area contributed by atoms with Gasteiger partial charge < -0.3 is 5.32 Å². The van der Waals surface area contributed by atoms with Gasteiger partial charge in [0.1, 0.15) is 15.7 Å². The van der Waals surface area contributed by atoms with E-state index in [9.17, 15) is 12.8 Å². The van der Waals surface area contributed by atoms with Crippen LogP contribution < -0.4 is 5.32 Å². The molecule has 1 aromatic carbocycles. The molecule has 0 aliphatic rings. The summed E-state index contributed by atoms with van der Waals surface area (Å²) in [6.45, 7) is 0.678. The third kappa shape index (κ3) is 4.92. The van der Waals surface area contributed by atoms with E-state index < -0.39 is 9.84 Å². The van der Waals surface area contributed by atoms with Gasteiger partial charge in [-0.3, -0.25) is 0 Å². The smallest absolute Gasteiger partial charge is 0.148 e. The van der Waals surface area contributed by atoms with Crippen molar-refractivity contribution in [1.82, 2.24) is 5.32 Å². The number of hydrogen-bond acceptors (Lipinski definition) is 3. The molecule has 0 aliphatic heterocycles. The lowest BCUT2D eigenvalue weighted by atomic mass is 10.2. The zero-order valence-electron chi connectivity index (χ0n) is 8.83. The van der Waals surface area contributed by atoms with Crippen molar-refractivity contribution in [3.05, 3.63) is 34.6 Å². The maximum Gasteiger partial charge on any atom is 0.148 e. The second-order valence-electron chi connectivity index (χ2n) is 3.54. The average molecular weight is 266 g/mol. The van der Waals surface area contributed by atoms with Crippen LogP contribution in [-0.2, 0) is 16.4 Å². The quantitative estimate of drug-likeness (QED) is 0.823. The molecule has 1 aromatic rings. The lowest BCUT2D eigenvalue weighted by Gasteiger charge is -2.06. The zero-order chi connectivity index (χ0) is 12.2. The van der Waals surface area contributed by atoms with Gasteiger partial charge in [-0.1, -0.05) is 11.6 Å². The molecule has 3 nitrogen and oxygen atoms in total. The van der Waals surface area contributed by atoms with Crippen LogP contribution in [0.1, 0.15) is 5.56 Å². The third-order valence-corrected chi connectivity index (χ3v) is 3.29. The van der Waals surface area contributed by atoms with E-state index in [4.69, 9.17) is 11.6 Å². The summed E-state index contributed by atoms with van der Waals surface area (Å²) in [5.41, 5.74) is 0.621. The highest BCUT2D eigenvalue weighted by Crippen LogP contribution is 2.16. The van der Waals surface area contributed by atoms with Crippen molar-refractivity contribution in [2.24, 2.45) is 0 Å². The Labute approximate surface area is 99.5 Å². The summed E-state index contributed by atoms with van der Waals surface area (Å²) < 4.78 is 34.5. The summed E-state index contributed by atoms with van der Waals surface area (Å²) in [5, 5.41) is 3.36. The van der Waals surface area contributed by atoms with Gasteiger partial charge in [0.2, 0.25) is 0 Å². The van der Waals surface area contributed by atoms with Gasteiger partial charge in [0.25, 0.3) is 0 Å². The Morgan fingerprint density at radius 3 is 2.75 bits per heavy atom. The van der Waals surface area contributed by atoms with E-state index in [0.29, 0.717) is 23.7 Å². The lowest BCUT2D eigenvalue weighted by molar-refractivity contribution is 0.595. The highest BCUT2D eigenvalue weighted by molar-refractivity contribution is 7.90. The van der Waals surface area contributed by atoms with E-state index in [0.717, 1.165) is 0 Å². The molecular formula is C10H13ClFNO2S. The van der Waals surface area contributed by atoms with Gasteiger partial charge in [0.15, 0.2) is 0 Å². The van der Waals surface area contributed by atoms with Crippen LogP contribution >= 0.6 is 11.6 Å². The second-order valence-corrected chi connectivity index (χ2v) is 6.21. The Bertz CT molecular complexity index is 462. The van der Waals surface area contributed by atoms with E-state index in [-0.39, 0.29) is 11.6 Å². The van der Waals surface area contributed by atoms with Crippen LogP contribution in [0.2, 0.25) is 5.02 Å². The molecule has 16 heavy (non-hydrogen) atoms. The monoisotopic (exact) mass is 265 g/mol. The lowest BCUT2D eigenvalue weighted by Crippen LogP contribution is -2.22. The van der Waals surface area contributed by atoms with Crippen LogP contribution in [0.3, 0.4) is 0 Å². The fraction of sp³-hybridized carbons (Fsp3) is 0.400. The van der Waals surface area contributed by atoms with Gasteiger partial charge in [0.05, 0.1) is 5.75 Å². The number of halogens is 2. The molecule has 0 bridgehead atoms. The van der Waals surface area contributed by atoms with Crippen molar-refractivity contribution in [2.75, 3.05) is 18.6 Å². The number of benzene rings is 1. The van der Waals surface area contributed by atoms with Gasteiger partial charge in [0, 0.05) is 24.4 Å². The molecular weight excluding hydrogens is 253 g/mol. The Balaban J connectivity index is 2.46. The van der Waals surface area contributed by atoms with E-state index in [1.54, 1.807) is 0 Å². The van der Waals surface area contributed by atoms with Crippen LogP contribution in [0.25, 0.3) is 0 Å². The maximum absolute atomic E-state index is 12.9. The van der Waals surface area contributed by atoms with E-state index in [1.807, 2.05) is 0 Å². The molecule has 0 aliphatic carbocycles. The first-order chi connectivity index (χ1) is 7.38. The summed E-state index contributed by atoms with van der Waals surface area (Å²) in [6, 6.07) is 4.09. The molecule has 0 saturated heterocycles. The molecule has 90 valence electrons. The minimum absolute atomic E-state index is 0.0555. The fourth-order valence-corrected chi connectivity index (χ4v) is 1.86. The molecule has 1 rings (SSSR count). The number of nitrogens with one attached hydrogen (secondary N) is 1. The Kier molecular flexibility index (Phi) is 4.70. The number of sulfone groups is 1. The molecule has 0 atom stereocenters. The van der Waals surface area contributed by atoms with E-state index in [2.05, 4.69) is 5.32 Å². The van der Waals surface area contributed by atoms with E-state index >= 15 is 0 Å². The van der Waals surface area contributed by atoms with Crippen LogP contribution in [0, 0.1) is 5.82 Å². The molecule has 0 fully saturated rings. The maximum atomic E-state index is 12.9. The number of hydrogen-bond donors (Lipinski definition) is 1.